The summed E-state index contributed by atoms with van der Waals surface area (Å²) in [5.41, 5.74) is 3.84. The molecule has 0 aromatic heterocycles. The number of unbranched alkanes of at least 4 members (excludes halogenated alkanes) is 3. The first-order chi connectivity index (χ1) is 13.0. The van der Waals surface area contributed by atoms with Crippen molar-refractivity contribution in [2.75, 3.05) is 0 Å². The van der Waals surface area contributed by atoms with Gasteiger partial charge in [-0.3, -0.25) is 4.79 Å². The normalized spacial score (nSPS) is 10.9. The van der Waals surface area contributed by atoms with Crippen LogP contribution in [0.25, 0.3) is 0 Å². The minimum absolute atomic E-state index is 0.280. The predicted octanol–water partition coefficient (Wildman–Crippen LogP) is 6.04. The Balaban J connectivity index is 1.74. The second kappa shape index (κ2) is 11.4. The summed E-state index contributed by atoms with van der Waals surface area (Å²) in [7, 11) is 0. The second-order valence-corrected chi connectivity index (χ2v) is 7.66. The topological polar surface area (TPSA) is 46.5 Å². The molecule has 0 heterocycles. The SMILES string of the molecule is CC(C)Cc1ccc(COc2cccc(CCCCCCC(=O)O)c2)cc1. The molecule has 0 aliphatic rings. The van der Waals surface area contributed by atoms with Gasteiger partial charge >= 0.3 is 5.97 Å². The molecule has 0 unspecified atom stereocenters. The molecule has 2 aromatic rings. The lowest BCUT2D eigenvalue weighted by Gasteiger charge is -2.10. The highest BCUT2D eigenvalue weighted by molar-refractivity contribution is 5.66. The highest BCUT2D eigenvalue weighted by atomic mass is 16.5. The Bertz CT molecular complexity index is 689. The molecule has 0 aliphatic carbocycles. The van der Waals surface area contributed by atoms with E-state index in [2.05, 4.69) is 50.2 Å². The van der Waals surface area contributed by atoms with Crippen LogP contribution in [0.4, 0.5) is 0 Å². The van der Waals surface area contributed by atoms with E-state index in [-0.39, 0.29) is 6.42 Å². The minimum Gasteiger partial charge on any atom is -0.489 e. The molecule has 0 saturated carbocycles. The van der Waals surface area contributed by atoms with Crippen LogP contribution < -0.4 is 4.74 Å². The van der Waals surface area contributed by atoms with E-state index in [1.807, 2.05) is 12.1 Å². The number of aryl methyl sites for hydroxylation is 1. The molecule has 0 fully saturated rings. The lowest BCUT2D eigenvalue weighted by atomic mass is 10.0. The van der Waals surface area contributed by atoms with Crippen molar-refractivity contribution in [1.82, 2.24) is 0 Å². The van der Waals surface area contributed by atoms with Gasteiger partial charge in [0.15, 0.2) is 0 Å². The first-order valence-electron chi connectivity index (χ1n) is 10.0. The van der Waals surface area contributed by atoms with Crippen LogP contribution in [0.1, 0.15) is 62.6 Å². The van der Waals surface area contributed by atoms with Crippen LogP contribution in [0.5, 0.6) is 5.75 Å². The number of carbonyl (C=O) groups is 1. The molecule has 0 bridgehead atoms. The molecule has 3 nitrogen and oxygen atoms in total. The summed E-state index contributed by atoms with van der Waals surface area (Å²) in [5.74, 6) is 0.881. The van der Waals surface area contributed by atoms with Crippen LogP contribution in [0.15, 0.2) is 48.5 Å². The van der Waals surface area contributed by atoms with Gasteiger partial charge in [-0.25, -0.2) is 0 Å². The Morgan fingerprint density at radius 3 is 2.33 bits per heavy atom. The van der Waals surface area contributed by atoms with Crippen LogP contribution in [-0.4, -0.2) is 11.1 Å². The first-order valence-corrected chi connectivity index (χ1v) is 10.0. The summed E-state index contributed by atoms with van der Waals surface area (Å²) in [6.45, 7) is 5.06. The van der Waals surface area contributed by atoms with Crippen molar-refractivity contribution in [3.8, 4) is 5.75 Å². The van der Waals surface area contributed by atoms with Crippen molar-refractivity contribution < 1.29 is 14.6 Å². The van der Waals surface area contributed by atoms with Gasteiger partial charge in [-0.2, -0.15) is 0 Å². The van der Waals surface area contributed by atoms with Crippen LogP contribution in [0, 0.1) is 5.92 Å². The van der Waals surface area contributed by atoms with Crippen molar-refractivity contribution in [3.05, 3.63) is 65.2 Å². The summed E-state index contributed by atoms with van der Waals surface area (Å²) in [6, 6.07) is 17.0. The maximum Gasteiger partial charge on any atom is 0.303 e. The van der Waals surface area contributed by atoms with Gasteiger partial charge < -0.3 is 9.84 Å². The lowest BCUT2D eigenvalue weighted by molar-refractivity contribution is -0.137. The monoisotopic (exact) mass is 368 g/mol. The zero-order chi connectivity index (χ0) is 19.5. The summed E-state index contributed by atoms with van der Waals surface area (Å²) in [4.78, 5) is 10.5. The standard InChI is InChI=1S/C24H32O3/c1-19(2)16-21-12-14-22(15-13-21)18-27-23-10-7-9-20(17-23)8-5-3-4-6-11-24(25)26/h7,9-10,12-15,17,19H,3-6,8,11,16,18H2,1-2H3,(H,25,26). The van der Waals surface area contributed by atoms with Gasteiger partial charge in [0.2, 0.25) is 0 Å². The van der Waals surface area contributed by atoms with Gasteiger partial charge in [0.25, 0.3) is 0 Å². The Labute approximate surface area is 163 Å². The van der Waals surface area contributed by atoms with Crippen molar-refractivity contribution in [2.24, 2.45) is 5.92 Å². The quantitative estimate of drug-likeness (QED) is 0.464. The molecule has 0 aliphatic heterocycles. The molecule has 0 saturated heterocycles. The molecule has 146 valence electrons. The largest absolute Gasteiger partial charge is 0.489 e. The smallest absolute Gasteiger partial charge is 0.303 e. The van der Waals surface area contributed by atoms with E-state index >= 15 is 0 Å². The molecule has 3 heteroatoms. The molecule has 0 radical (unpaired) electrons. The van der Waals surface area contributed by atoms with E-state index in [4.69, 9.17) is 9.84 Å². The average Bonchev–Trinajstić information content (AvgIpc) is 2.64. The maximum absolute atomic E-state index is 10.5. The summed E-state index contributed by atoms with van der Waals surface area (Å²) in [5, 5.41) is 8.65. The molecule has 27 heavy (non-hydrogen) atoms. The average molecular weight is 369 g/mol. The molecular weight excluding hydrogens is 336 g/mol. The molecule has 2 aromatic carbocycles. The number of hydrogen-bond donors (Lipinski definition) is 1. The third-order valence-electron chi connectivity index (χ3n) is 4.58. The van der Waals surface area contributed by atoms with Crippen LogP contribution in [-0.2, 0) is 24.2 Å². The zero-order valence-electron chi connectivity index (χ0n) is 16.6. The highest BCUT2D eigenvalue weighted by Gasteiger charge is 2.02. The number of rotatable bonds is 12. The molecule has 0 amide bonds. The number of carboxylic acid groups (broad SMARTS) is 1. The summed E-state index contributed by atoms with van der Waals surface area (Å²) < 4.78 is 5.96. The fraction of sp³-hybridized carbons (Fsp3) is 0.458. The molecule has 1 N–H and O–H groups in total. The van der Waals surface area contributed by atoms with Crippen LogP contribution >= 0.6 is 0 Å². The molecular formula is C24H32O3. The first kappa shape index (κ1) is 21.0. The minimum atomic E-state index is -0.700. The molecule has 0 spiro atoms. The van der Waals surface area contributed by atoms with Gasteiger partial charge in [0.05, 0.1) is 0 Å². The van der Waals surface area contributed by atoms with Gasteiger partial charge in [0, 0.05) is 6.42 Å². The van der Waals surface area contributed by atoms with E-state index in [1.54, 1.807) is 0 Å². The van der Waals surface area contributed by atoms with E-state index in [9.17, 15) is 4.79 Å². The summed E-state index contributed by atoms with van der Waals surface area (Å²) in [6.07, 6.45) is 6.31. The number of aliphatic carboxylic acids is 1. The van der Waals surface area contributed by atoms with Crippen molar-refractivity contribution >= 4 is 5.97 Å². The van der Waals surface area contributed by atoms with E-state index in [1.165, 1.54) is 16.7 Å². The third-order valence-corrected chi connectivity index (χ3v) is 4.58. The Hall–Kier alpha value is -2.29. The molecule has 0 atom stereocenters. The van der Waals surface area contributed by atoms with Gasteiger partial charge in [0.1, 0.15) is 12.4 Å². The van der Waals surface area contributed by atoms with Crippen molar-refractivity contribution in [1.29, 1.82) is 0 Å². The number of ether oxygens (including phenoxy) is 1. The maximum atomic E-state index is 10.5. The Morgan fingerprint density at radius 2 is 1.63 bits per heavy atom. The van der Waals surface area contributed by atoms with Gasteiger partial charge in [-0.15, -0.1) is 0 Å². The number of benzene rings is 2. The predicted molar refractivity (Wildman–Crippen MR) is 110 cm³/mol. The lowest BCUT2D eigenvalue weighted by Crippen LogP contribution is -1.98. The fourth-order valence-electron chi connectivity index (χ4n) is 3.16. The van der Waals surface area contributed by atoms with E-state index < -0.39 is 5.97 Å². The zero-order valence-corrected chi connectivity index (χ0v) is 16.6. The second-order valence-electron chi connectivity index (χ2n) is 7.66. The Kier molecular flexibility index (Phi) is 8.90. The third kappa shape index (κ3) is 8.76. The fourth-order valence-corrected chi connectivity index (χ4v) is 3.16. The van der Waals surface area contributed by atoms with E-state index in [0.717, 1.165) is 44.3 Å². The van der Waals surface area contributed by atoms with Gasteiger partial charge in [-0.1, -0.05) is 63.1 Å². The van der Waals surface area contributed by atoms with Crippen LogP contribution in [0.3, 0.4) is 0 Å². The molecule has 2 rings (SSSR count). The van der Waals surface area contributed by atoms with Crippen molar-refractivity contribution in [3.63, 3.8) is 0 Å². The summed E-state index contributed by atoms with van der Waals surface area (Å²) >= 11 is 0. The van der Waals surface area contributed by atoms with Crippen LogP contribution in [0.2, 0.25) is 0 Å². The van der Waals surface area contributed by atoms with E-state index in [0.29, 0.717) is 12.5 Å². The van der Waals surface area contributed by atoms with Crippen molar-refractivity contribution in [2.45, 2.75) is 65.4 Å². The highest BCUT2D eigenvalue weighted by Crippen LogP contribution is 2.18. The van der Waals surface area contributed by atoms with Gasteiger partial charge in [-0.05, 0) is 60.4 Å². The Morgan fingerprint density at radius 1 is 0.926 bits per heavy atom. The number of hydrogen-bond acceptors (Lipinski definition) is 2. The number of carboxylic acids is 1.